The zero-order valence-corrected chi connectivity index (χ0v) is 13.8. The number of benzene rings is 1. The summed E-state index contributed by atoms with van der Waals surface area (Å²) in [5, 5.41) is 3.34. The number of pyridine rings is 1. The van der Waals surface area contributed by atoms with E-state index in [0.29, 0.717) is 34.9 Å². The normalized spacial score (nSPS) is 10.2. The van der Waals surface area contributed by atoms with Crippen LogP contribution in [0.5, 0.6) is 0 Å². The fourth-order valence-corrected chi connectivity index (χ4v) is 2.24. The van der Waals surface area contributed by atoms with E-state index in [1.807, 2.05) is 13.8 Å². The van der Waals surface area contributed by atoms with E-state index < -0.39 is 0 Å². The van der Waals surface area contributed by atoms with Crippen molar-refractivity contribution >= 4 is 29.1 Å². The van der Waals surface area contributed by atoms with Gasteiger partial charge in [0.05, 0.1) is 11.1 Å². The summed E-state index contributed by atoms with van der Waals surface area (Å²) in [6, 6.07) is 8.35. The number of carbonyl (C=O) groups excluding carboxylic acids is 2. The maximum Gasteiger partial charge on any atom is 0.257 e. The second kappa shape index (κ2) is 7.74. The first kappa shape index (κ1) is 17.0. The van der Waals surface area contributed by atoms with Gasteiger partial charge in [-0.2, -0.15) is 0 Å². The largest absolute Gasteiger partial charge is 0.339 e. The van der Waals surface area contributed by atoms with Gasteiger partial charge >= 0.3 is 0 Å². The van der Waals surface area contributed by atoms with Crippen molar-refractivity contribution in [3.8, 4) is 0 Å². The minimum absolute atomic E-state index is 0.136. The molecule has 23 heavy (non-hydrogen) atoms. The summed E-state index contributed by atoms with van der Waals surface area (Å²) < 4.78 is 0. The third kappa shape index (κ3) is 4.29. The molecule has 0 atom stereocenters. The maximum absolute atomic E-state index is 12.3. The lowest BCUT2D eigenvalue weighted by Crippen LogP contribution is -2.30. The van der Waals surface area contributed by atoms with Gasteiger partial charge in [0.2, 0.25) is 0 Å². The molecule has 0 spiro atoms. The SMILES string of the molecule is CCN(CC)C(=O)c1cncc(C(=O)Nc2ccc(Cl)cc2)c1. The molecule has 0 saturated carbocycles. The van der Waals surface area contributed by atoms with Crippen LogP contribution in [-0.2, 0) is 0 Å². The number of rotatable bonds is 5. The highest BCUT2D eigenvalue weighted by Crippen LogP contribution is 2.15. The van der Waals surface area contributed by atoms with E-state index in [9.17, 15) is 9.59 Å². The Labute approximate surface area is 140 Å². The van der Waals surface area contributed by atoms with E-state index in [-0.39, 0.29) is 11.8 Å². The van der Waals surface area contributed by atoms with Crippen LogP contribution >= 0.6 is 11.6 Å². The standard InChI is InChI=1S/C17H18ClN3O2/c1-3-21(4-2)17(23)13-9-12(10-19-11-13)16(22)20-15-7-5-14(18)6-8-15/h5-11H,3-4H2,1-2H3,(H,20,22). The minimum Gasteiger partial charge on any atom is -0.339 e. The quantitative estimate of drug-likeness (QED) is 0.912. The molecule has 0 bridgehead atoms. The molecule has 1 aromatic heterocycles. The number of aromatic nitrogens is 1. The van der Waals surface area contributed by atoms with Crippen LogP contribution in [0.1, 0.15) is 34.6 Å². The molecule has 1 heterocycles. The number of anilines is 1. The van der Waals surface area contributed by atoms with Gasteiger partial charge in [-0.05, 0) is 44.2 Å². The van der Waals surface area contributed by atoms with Crippen LogP contribution in [0.3, 0.4) is 0 Å². The van der Waals surface area contributed by atoms with Crippen LogP contribution in [-0.4, -0.2) is 34.8 Å². The summed E-state index contributed by atoms with van der Waals surface area (Å²) in [5.41, 5.74) is 1.36. The van der Waals surface area contributed by atoms with Gasteiger partial charge in [0.1, 0.15) is 0 Å². The molecule has 120 valence electrons. The summed E-state index contributed by atoms with van der Waals surface area (Å²) in [4.78, 5) is 30.3. The van der Waals surface area contributed by atoms with Gasteiger partial charge in [-0.3, -0.25) is 14.6 Å². The van der Waals surface area contributed by atoms with Crippen LogP contribution in [0.4, 0.5) is 5.69 Å². The molecular formula is C17H18ClN3O2. The van der Waals surface area contributed by atoms with Crippen LogP contribution in [0.25, 0.3) is 0 Å². The zero-order chi connectivity index (χ0) is 16.8. The smallest absolute Gasteiger partial charge is 0.257 e. The topological polar surface area (TPSA) is 62.3 Å². The summed E-state index contributed by atoms with van der Waals surface area (Å²) >= 11 is 5.81. The second-order valence-corrected chi connectivity index (χ2v) is 5.34. The molecule has 1 aromatic carbocycles. The minimum atomic E-state index is -0.325. The molecule has 0 fully saturated rings. The third-order valence-corrected chi connectivity index (χ3v) is 3.65. The highest BCUT2D eigenvalue weighted by molar-refractivity contribution is 6.30. The van der Waals surface area contributed by atoms with Crippen molar-refractivity contribution in [2.45, 2.75) is 13.8 Å². The van der Waals surface area contributed by atoms with Gasteiger partial charge in [0.15, 0.2) is 0 Å². The number of halogens is 1. The van der Waals surface area contributed by atoms with E-state index in [1.54, 1.807) is 35.2 Å². The molecule has 2 amide bonds. The fourth-order valence-electron chi connectivity index (χ4n) is 2.11. The molecule has 0 saturated heterocycles. The Kier molecular flexibility index (Phi) is 5.71. The Morgan fingerprint density at radius 3 is 2.30 bits per heavy atom. The van der Waals surface area contributed by atoms with Crippen LogP contribution in [0.2, 0.25) is 5.02 Å². The number of nitrogens with zero attached hydrogens (tertiary/aromatic N) is 2. The van der Waals surface area contributed by atoms with Crippen molar-refractivity contribution in [2.24, 2.45) is 0 Å². The fraction of sp³-hybridized carbons (Fsp3) is 0.235. The van der Waals surface area contributed by atoms with Gasteiger partial charge in [-0.1, -0.05) is 11.6 Å². The Morgan fingerprint density at radius 1 is 1.09 bits per heavy atom. The Bertz CT molecular complexity index is 697. The van der Waals surface area contributed by atoms with Gasteiger partial charge in [0.25, 0.3) is 11.8 Å². The van der Waals surface area contributed by atoms with E-state index in [1.165, 1.54) is 12.4 Å². The van der Waals surface area contributed by atoms with Crippen molar-refractivity contribution < 1.29 is 9.59 Å². The van der Waals surface area contributed by atoms with Crippen LogP contribution < -0.4 is 5.32 Å². The zero-order valence-electron chi connectivity index (χ0n) is 13.0. The summed E-state index contributed by atoms with van der Waals surface area (Å²) in [6.45, 7) is 5.03. The Balaban J connectivity index is 2.17. The third-order valence-electron chi connectivity index (χ3n) is 3.40. The first-order valence-electron chi connectivity index (χ1n) is 7.36. The molecule has 6 heteroatoms. The van der Waals surface area contributed by atoms with Gasteiger partial charge in [-0.25, -0.2) is 0 Å². The number of hydrogen-bond donors (Lipinski definition) is 1. The van der Waals surface area contributed by atoms with Crippen molar-refractivity contribution in [2.75, 3.05) is 18.4 Å². The number of amides is 2. The highest BCUT2D eigenvalue weighted by atomic mass is 35.5. The van der Waals surface area contributed by atoms with E-state index in [0.717, 1.165) is 0 Å². The molecule has 0 unspecified atom stereocenters. The Morgan fingerprint density at radius 2 is 1.70 bits per heavy atom. The monoisotopic (exact) mass is 331 g/mol. The van der Waals surface area contributed by atoms with Gasteiger partial charge in [0, 0.05) is 36.2 Å². The predicted octanol–water partition coefficient (Wildman–Crippen LogP) is 3.47. The molecular weight excluding hydrogens is 314 g/mol. The number of hydrogen-bond acceptors (Lipinski definition) is 3. The van der Waals surface area contributed by atoms with Gasteiger partial charge in [-0.15, -0.1) is 0 Å². The van der Waals surface area contributed by atoms with E-state index in [4.69, 9.17) is 11.6 Å². The number of nitrogens with one attached hydrogen (secondary N) is 1. The predicted molar refractivity (Wildman–Crippen MR) is 90.9 cm³/mol. The number of carbonyl (C=O) groups is 2. The summed E-state index contributed by atoms with van der Waals surface area (Å²) in [6.07, 6.45) is 2.91. The first-order valence-corrected chi connectivity index (χ1v) is 7.74. The molecule has 0 aliphatic rings. The lowest BCUT2D eigenvalue weighted by Gasteiger charge is -2.18. The molecule has 0 radical (unpaired) electrons. The van der Waals surface area contributed by atoms with E-state index >= 15 is 0 Å². The molecule has 0 aliphatic carbocycles. The van der Waals surface area contributed by atoms with Crippen molar-refractivity contribution in [1.82, 2.24) is 9.88 Å². The summed E-state index contributed by atoms with van der Waals surface area (Å²) in [7, 11) is 0. The molecule has 2 aromatic rings. The van der Waals surface area contributed by atoms with Crippen molar-refractivity contribution in [3.05, 3.63) is 58.9 Å². The second-order valence-electron chi connectivity index (χ2n) is 4.90. The highest BCUT2D eigenvalue weighted by Gasteiger charge is 2.15. The van der Waals surface area contributed by atoms with E-state index in [2.05, 4.69) is 10.3 Å². The Hall–Kier alpha value is -2.40. The molecule has 5 nitrogen and oxygen atoms in total. The van der Waals surface area contributed by atoms with Crippen molar-refractivity contribution in [1.29, 1.82) is 0 Å². The lowest BCUT2D eigenvalue weighted by molar-refractivity contribution is 0.0772. The van der Waals surface area contributed by atoms with Crippen molar-refractivity contribution in [3.63, 3.8) is 0 Å². The average Bonchev–Trinajstić information content (AvgIpc) is 2.58. The molecule has 2 rings (SSSR count). The average molecular weight is 332 g/mol. The first-order chi connectivity index (χ1) is 11.0. The molecule has 1 N–H and O–H groups in total. The van der Waals surface area contributed by atoms with Crippen LogP contribution in [0, 0.1) is 0 Å². The maximum atomic E-state index is 12.3. The summed E-state index contributed by atoms with van der Waals surface area (Å²) in [5.74, 6) is -0.460. The van der Waals surface area contributed by atoms with Gasteiger partial charge < -0.3 is 10.2 Å². The lowest BCUT2D eigenvalue weighted by atomic mass is 10.1. The van der Waals surface area contributed by atoms with Crippen LogP contribution in [0.15, 0.2) is 42.7 Å². The molecule has 0 aliphatic heterocycles.